The van der Waals surface area contributed by atoms with Gasteiger partial charge in [0.25, 0.3) is 0 Å². The van der Waals surface area contributed by atoms with Gasteiger partial charge in [-0.25, -0.2) is 13.4 Å². The van der Waals surface area contributed by atoms with Crippen molar-refractivity contribution in [2.75, 3.05) is 31.9 Å². The van der Waals surface area contributed by atoms with Gasteiger partial charge < -0.3 is 5.11 Å². The molecule has 21 heavy (non-hydrogen) atoms. The molecule has 2 heterocycles. The van der Waals surface area contributed by atoms with Crippen molar-refractivity contribution >= 4 is 27.3 Å². The van der Waals surface area contributed by atoms with Crippen LogP contribution in [0.5, 0.6) is 0 Å². The highest BCUT2D eigenvalue weighted by atomic mass is 32.2. The molecular formula is C12H19N3O4S2. The van der Waals surface area contributed by atoms with Crippen LogP contribution in [-0.4, -0.2) is 65.6 Å². The van der Waals surface area contributed by atoms with Crippen molar-refractivity contribution in [2.24, 2.45) is 0 Å². The molecule has 1 fully saturated rings. The van der Waals surface area contributed by atoms with E-state index in [4.69, 9.17) is 5.11 Å². The van der Waals surface area contributed by atoms with E-state index in [0.717, 1.165) is 17.2 Å². The van der Waals surface area contributed by atoms with E-state index in [9.17, 15) is 13.2 Å². The molecule has 1 aliphatic rings. The van der Waals surface area contributed by atoms with E-state index >= 15 is 0 Å². The molecule has 1 aromatic rings. The van der Waals surface area contributed by atoms with E-state index < -0.39 is 16.0 Å². The summed E-state index contributed by atoms with van der Waals surface area (Å²) in [7, 11) is -3.46. The first-order chi connectivity index (χ1) is 9.87. The maximum Gasteiger partial charge on any atom is 0.304 e. The molecule has 1 saturated heterocycles. The van der Waals surface area contributed by atoms with Crippen LogP contribution in [-0.2, 0) is 21.4 Å². The number of rotatable bonds is 6. The molecule has 118 valence electrons. The molecule has 1 aliphatic heterocycles. The third kappa shape index (κ3) is 4.73. The molecule has 0 radical (unpaired) electrons. The number of piperazine rings is 1. The standard InChI is InChI=1S/C12H19N3O4S2/c1-10-13-11(9-20-10)8-14-3-5-15(6-4-14)21(18,19)7-2-12(16)17/h9H,2-8H2,1H3,(H,16,17). The van der Waals surface area contributed by atoms with Gasteiger partial charge in [0.15, 0.2) is 0 Å². The number of carbonyl (C=O) groups is 1. The van der Waals surface area contributed by atoms with E-state index in [1.807, 2.05) is 12.3 Å². The summed E-state index contributed by atoms with van der Waals surface area (Å²) >= 11 is 1.61. The van der Waals surface area contributed by atoms with Crippen molar-refractivity contribution in [3.05, 3.63) is 16.1 Å². The smallest absolute Gasteiger partial charge is 0.304 e. The van der Waals surface area contributed by atoms with Gasteiger partial charge in [0, 0.05) is 38.1 Å². The first kappa shape index (κ1) is 16.3. The Morgan fingerprint density at radius 2 is 2.05 bits per heavy atom. The fraction of sp³-hybridized carbons (Fsp3) is 0.667. The molecule has 0 amide bonds. The summed E-state index contributed by atoms with van der Waals surface area (Å²) in [6.45, 7) is 4.79. The van der Waals surface area contributed by atoms with Crippen molar-refractivity contribution in [1.29, 1.82) is 0 Å². The van der Waals surface area contributed by atoms with Crippen LogP contribution in [0.25, 0.3) is 0 Å². The highest BCUT2D eigenvalue weighted by Crippen LogP contribution is 2.14. The van der Waals surface area contributed by atoms with Crippen LogP contribution in [0.4, 0.5) is 0 Å². The van der Waals surface area contributed by atoms with Crippen LogP contribution in [0, 0.1) is 6.92 Å². The molecule has 2 rings (SSSR count). The maximum absolute atomic E-state index is 12.0. The van der Waals surface area contributed by atoms with Crippen molar-refractivity contribution in [2.45, 2.75) is 19.9 Å². The number of aliphatic carboxylic acids is 1. The Morgan fingerprint density at radius 1 is 1.38 bits per heavy atom. The van der Waals surface area contributed by atoms with Gasteiger partial charge in [-0.15, -0.1) is 11.3 Å². The van der Waals surface area contributed by atoms with Gasteiger partial charge in [0.05, 0.1) is 22.9 Å². The van der Waals surface area contributed by atoms with Crippen LogP contribution >= 0.6 is 11.3 Å². The first-order valence-electron chi connectivity index (χ1n) is 6.70. The van der Waals surface area contributed by atoms with E-state index in [1.165, 1.54) is 4.31 Å². The molecule has 9 heteroatoms. The lowest BCUT2D eigenvalue weighted by atomic mass is 10.3. The fourth-order valence-electron chi connectivity index (χ4n) is 2.22. The Kier molecular flexibility index (Phi) is 5.31. The molecule has 0 bridgehead atoms. The Hall–Kier alpha value is -1.03. The number of hydrogen-bond donors (Lipinski definition) is 1. The summed E-state index contributed by atoms with van der Waals surface area (Å²) in [5.74, 6) is -1.41. The van der Waals surface area contributed by atoms with Gasteiger partial charge >= 0.3 is 5.97 Å². The molecule has 1 N–H and O–H groups in total. The number of hydrogen-bond acceptors (Lipinski definition) is 6. The van der Waals surface area contributed by atoms with Gasteiger partial charge in [0.1, 0.15) is 0 Å². The first-order valence-corrected chi connectivity index (χ1v) is 9.19. The van der Waals surface area contributed by atoms with E-state index in [1.54, 1.807) is 11.3 Å². The maximum atomic E-state index is 12.0. The lowest BCUT2D eigenvalue weighted by molar-refractivity contribution is -0.136. The minimum atomic E-state index is -3.46. The largest absolute Gasteiger partial charge is 0.481 e. The number of sulfonamides is 1. The molecule has 0 saturated carbocycles. The van der Waals surface area contributed by atoms with Crippen LogP contribution in [0.2, 0.25) is 0 Å². The zero-order valence-electron chi connectivity index (χ0n) is 11.9. The van der Waals surface area contributed by atoms with Gasteiger partial charge in [-0.05, 0) is 6.92 Å². The third-order valence-corrected chi connectivity index (χ3v) is 6.05. The molecule has 7 nitrogen and oxygen atoms in total. The Labute approximate surface area is 128 Å². The molecule has 1 aromatic heterocycles. The number of thiazole rings is 1. The van der Waals surface area contributed by atoms with Crippen molar-refractivity contribution in [3.63, 3.8) is 0 Å². The Balaban J connectivity index is 1.83. The normalized spacial score (nSPS) is 18.0. The number of aromatic nitrogens is 1. The summed E-state index contributed by atoms with van der Waals surface area (Å²) in [5, 5.41) is 11.6. The van der Waals surface area contributed by atoms with E-state index in [-0.39, 0.29) is 12.2 Å². The molecule has 0 aromatic carbocycles. The van der Waals surface area contributed by atoms with Crippen LogP contribution in [0.1, 0.15) is 17.1 Å². The average Bonchev–Trinajstić information content (AvgIpc) is 2.83. The summed E-state index contributed by atoms with van der Waals surface area (Å²) in [6, 6.07) is 0. The third-order valence-electron chi connectivity index (χ3n) is 3.35. The number of carboxylic acid groups (broad SMARTS) is 1. The lowest BCUT2D eigenvalue weighted by Crippen LogP contribution is -2.49. The molecule has 0 unspecified atom stereocenters. The summed E-state index contributed by atoms with van der Waals surface area (Å²) in [4.78, 5) is 17.1. The highest BCUT2D eigenvalue weighted by Gasteiger charge is 2.27. The average molecular weight is 333 g/mol. The van der Waals surface area contributed by atoms with Crippen molar-refractivity contribution in [3.8, 4) is 0 Å². The second-order valence-corrected chi connectivity index (χ2v) is 8.14. The van der Waals surface area contributed by atoms with Gasteiger partial charge in [-0.1, -0.05) is 0 Å². The molecule has 0 spiro atoms. The van der Waals surface area contributed by atoms with Crippen molar-refractivity contribution < 1.29 is 18.3 Å². The van der Waals surface area contributed by atoms with Gasteiger partial charge in [-0.3, -0.25) is 9.69 Å². The summed E-state index contributed by atoms with van der Waals surface area (Å²) in [5.41, 5.74) is 1.01. The van der Waals surface area contributed by atoms with Crippen molar-refractivity contribution in [1.82, 2.24) is 14.2 Å². The summed E-state index contributed by atoms with van der Waals surface area (Å²) < 4.78 is 25.4. The predicted octanol–water partition coefficient (Wildman–Crippen LogP) is 0.374. The lowest BCUT2D eigenvalue weighted by Gasteiger charge is -2.33. The second-order valence-electron chi connectivity index (χ2n) is 4.99. The van der Waals surface area contributed by atoms with E-state index in [0.29, 0.717) is 26.2 Å². The minimum absolute atomic E-state index is 0.326. The second kappa shape index (κ2) is 6.82. The van der Waals surface area contributed by atoms with Gasteiger partial charge in [-0.2, -0.15) is 4.31 Å². The zero-order valence-corrected chi connectivity index (χ0v) is 13.5. The van der Waals surface area contributed by atoms with Crippen LogP contribution in [0.3, 0.4) is 0 Å². The molecule has 0 aliphatic carbocycles. The Morgan fingerprint density at radius 3 is 2.57 bits per heavy atom. The highest BCUT2D eigenvalue weighted by molar-refractivity contribution is 7.89. The van der Waals surface area contributed by atoms with Gasteiger partial charge in [0.2, 0.25) is 10.0 Å². The van der Waals surface area contributed by atoms with Crippen LogP contribution in [0.15, 0.2) is 5.38 Å². The minimum Gasteiger partial charge on any atom is -0.481 e. The number of aryl methyl sites for hydroxylation is 1. The fourth-order valence-corrected chi connectivity index (χ4v) is 4.24. The zero-order chi connectivity index (χ0) is 15.5. The van der Waals surface area contributed by atoms with Crippen LogP contribution < -0.4 is 0 Å². The number of nitrogens with zero attached hydrogens (tertiary/aromatic N) is 3. The number of carboxylic acids is 1. The van der Waals surface area contributed by atoms with E-state index in [2.05, 4.69) is 9.88 Å². The topological polar surface area (TPSA) is 90.8 Å². The predicted molar refractivity (Wildman–Crippen MR) is 79.7 cm³/mol. The quantitative estimate of drug-likeness (QED) is 0.809. The SMILES string of the molecule is Cc1nc(CN2CCN(S(=O)(=O)CCC(=O)O)CC2)cs1. The monoisotopic (exact) mass is 333 g/mol. The summed E-state index contributed by atoms with van der Waals surface area (Å²) in [6.07, 6.45) is -0.347. The Bertz CT molecular complexity index is 591. The molecule has 0 atom stereocenters. The molecular weight excluding hydrogens is 314 g/mol.